The largest absolute Gasteiger partial charge is 0.467 e. The van der Waals surface area contributed by atoms with E-state index in [1.807, 2.05) is 24.0 Å². The van der Waals surface area contributed by atoms with Gasteiger partial charge < -0.3 is 19.9 Å². The number of methoxy groups -OCH3 is 1. The third-order valence-corrected chi connectivity index (χ3v) is 5.37. The first-order valence-electron chi connectivity index (χ1n) is 8.83. The number of hydrogen-bond acceptors (Lipinski definition) is 6. The molecular formula is C19H21BrN6O2. The maximum absolute atomic E-state index is 12.7. The molecule has 0 bridgehead atoms. The number of hydrogen-bond donors (Lipinski definition) is 1. The highest BCUT2D eigenvalue weighted by atomic mass is 79.9. The molecule has 8 nitrogen and oxygen atoms in total. The Hall–Kier alpha value is -2.86. The molecule has 0 saturated carbocycles. The third kappa shape index (κ3) is 4.17. The molecule has 0 unspecified atom stereocenters. The molecule has 0 aliphatic carbocycles. The van der Waals surface area contributed by atoms with Crippen molar-refractivity contribution in [1.82, 2.24) is 14.9 Å². The van der Waals surface area contributed by atoms with Crippen LogP contribution < -0.4 is 15.0 Å². The van der Waals surface area contributed by atoms with Gasteiger partial charge in [-0.1, -0.05) is 0 Å². The van der Waals surface area contributed by atoms with Crippen LogP contribution in [0.25, 0.3) is 0 Å². The van der Waals surface area contributed by atoms with Gasteiger partial charge in [0, 0.05) is 35.3 Å². The number of benzene rings is 1. The summed E-state index contributed by atoms with van der Waals surface area (Å²) in [7, 11) is 1.49. The van der Waals surface area contributed by atoms with Crippen LogP contribution >= 0.6 is 15.9 Å². The summed E-state index contributed by atoms with van der Waals surface area (Å²) in [4.78, 5) is 24.8. The van der Waals surface area contributed by atoms with Gasteiger partial charge in [-0.3, -0.25) is 0 Å². The lowest BCUT2D eigenvalue weighted by atomic mass is 10.1. The quantitative estimate of drug-likeness (QED) is 0.780. The Balaban J connectivity index is 1.69. The summed E-state index contributed by atoms with van der Waals surface area (Å²) in [6.45, 7) is 5.35. The van der Waals surface area contributed by atoms with Crippen molar-refractivity contribution in [3.05, 3.63) is 40.6 Å². The smallest absolute Gasteiger partial charge is 0.322 e. The minimum absolute atomic E-state index is 0.00443. The highest BCUT2D eigenvalue weighted by Crippen LogP contribution is 2.28. The third-order valence-electron chi connectivity index (χ3n) is 4.71. The number of nitriles is 1. The van der Waals surface area contributed by atoms with Crippen LogP contribution in [0.1, 0.15) is 19.4 Å². The van der Waals surface area contributed by atoms with Crippen molar-refractivity contribution in [2.75, 3.05) is 30.4 Å². The number of rotatable bonds is 3. The summed E-state index contributed by atoms with van der Waals surface area (Å²) in [5.41, 5.74) is 2.14. The van der Waals surface area contributed by atoms with E-state index in [2.05, 4.69) is 49.1 Å². The van der Waals surface area contributed by atoms with Crippen molar-refractivity contribution >= 4 is 33.3 Å². The molecule has 1 saturated heterocycles. The number of aromatic nitrogens is 2. The van der Waals surface area contributed by atoms with Crippen molar-refractivity contribution in [3.63, 3.8) is 0 Å². The number of nitrogens with one attached hydrogen (secondary N) is 1. The van der Waals surface area contributed by atoms with Crippen LogP contribution in [-0.2, 0) is 0 Å². The molecule has 2 aromatic rings. The molecule has 9 heteroatoms. The predicted octanol–water partition coefficient (Wildman–Crippen LogP) is 3.25. The van der Waals surface area contributed by atoms with E-state index < -0.39 is 0 Å². The number of ether oxygens (including phenoxy) is 1. The first-order chi connectivity index (χ1) is 13.4. The molecule has 1 aliphatic rings. The molecule has 1 N–H and O–H groups in total. The van der Waals surface area contributed by atoms with Crippen molar-refractivity contribution in [2.24, 2.45) is 0 Å². The standard InChI is InChI=1S/C19H21BrN6O2/c1-12-11-26(19(27)24-15-8-22-18(28-3)23-9-15)13(2)10-25(12)16-5-4-14(7-21)17(20)6-16/h4-6,8-9,12-13H,10-11H2,1-3H3,(H,24,27)/t12-,13+/m0/s1. The molecule has 2 atom stereocenters. The normalized spacial score (nSPS) is 19.1. The Morgan fingerprint density at radius 2 is 2.00 bits per heavy atom. The van der Waals surface area contributed by atoms with Gasteiger partial charge in [0.25, 0.3) is 0 Å². The van der Waals surface area contributed by atoms with Gasteiger partial charge in [0.2, 0.25) is 0 Å². The summed E-state index contributed by atoms with van der Waals surface area (Å²) in [5, 5.41) is 11.9. The van der Waals surface area contributed by atoms with Crippen LogP contribution in [-0.4, -0.2) is 53.2 Å². The van der Waals surface area contributed by atoms with Crippen molar-refractivity contribution in [3.8, 4) is 12.1 Å². The highest BCUT2D eigenvalue weighted by Gasteiger charge is 2.32. The highest BCUT2D eigenvalue weighted by molar-refractivity contribution is 9.10. The minimum Gasteiger partial charge on any atom is -0.467 e. The second-order valence-electron chi connectivity index (χ2n) is 6.67. The maximum atomic E-state index is 12.7. The molecule has 0 radical (unpaired) electrons. The number of halogens is 1. The van der Waals surface area contributed by atoms with E-state index in [1.165, 1.54) is 19.5 Å². The lowest BCUT2D eigenvalue weighted by molar-refractivity contribution is 0.173. The van der Waals surface area contributed by atoms with Gasteiger partial charge in [-0.05, 0) is 48.0 Å². The number of carbonyl (C=O) groups excluding carboxylic acids is 1. The first-order valence-corrected chi connectivity index (χ1v) is 9.62. The molecule has 1 aromatic heterocycles. The van der Waals surface area contributed by atoms with E-state index in [0.717, 1.165) is 10.2 Å². The average Bonchev–Trinajstić information content (AvgIpc) is 2.69. The fourth-order valence-electron chi connectivity index (χ4n) is 3.22. The first kappa shape index (κ1) is 19.9. The van der Waals surface area contributed by atoms with Crippen molar-refractivity contribution in [1.29, 1.82) is 5.26 Å². The molecule has 3 rings (SSSR count). The zero-order chi connectivity index (χ0) is 20.3. The average molecular weight is 445 g/mol. The number of piperazine rings is 1. The topological polar surface area (TPSA) is 94.4 Å². The molecule has 28 heavy (non-hydrogen) atoms. The Morgan fingerprint density at radius 3 is 2.61 bits per heavy atom. The number of anilines is 2. The molecule has 1 fully saturated rings. The molecule has 1 aliphatic heterocycles. The number of carbonyl (C=O) groups is 1. The summed E-state index contributed by atoms with van der Waals surface area (Å²) >= 11 is 3.45. The van der Waals surface area contributed by atoms with E-state index >= 15 is 0 Å². The van der Waals surface area contributed by atoms with Gasteiger partial charge in [0.05, 0.1) is 30.8 Å². The molecule has 2 amide bonds. The van der Waals surface area contributed by atoms with Gasteiger partial charge in [-0.25, -0.2) is 14.8 Å². The second kappa shape index (κ2) is 8.44. The summed E-state index contributed by atoms with van der Waals surface area (Å²) in [5.74, 6) is 0. The van der Waals surface area contributed by atoms with E-state index in [-0.39, 0.29) is 24.1 Å². The zero-order valence-electron chi connectivity index (χ0n) is 15.9. The van der Waals surface area contributed by atoms with E-state index in [9.17, 15) is 4.79 Å². The molecule has 0 spiro atoms. The molecule has 146 valence electrons. The van der Waals surface area contributed by atoms with Gasteiger partial charge in [-0.15, -0.1) is 0 Å². The lowest BCUT2D eigenvalue weighted by Crippen LogP contribution is -2.59. The zero-order valence-corrected chi connectivity index (χ0v) is 17.5. The van der Waals surface area contributed by atoms with Crippen molar-refractivity contribution in [2.45, 2.75) is 25.9 Å². The molecular weight excluding hydrogens is 424 g/mol. The molecule has 1 aromatic carbocycles. The Kier molecular flexibility index (Phi) is 5.99. The van der Waals surface area contributed by atoms with E-state index in [0.29, 0.717) is 24.3 Å². The van der Waals surface area contributed by atoms with Crippen LogP contribution in [0.4, 0.5) is 16.2 Å². The predicted molar refractivity (Wildman–Crippen MR) is 109 cm³/mol. The molecule has 2 heterocycles. The van der Waals surface area contributed by atoms with E-state index in [4.69, 9.17) is 10.00 Å². The Morgan fingerprint density at radius 1 is 1.29 bits per heavy atom. The Bertz CT molecular complexity index is 898. The SMILES string of the molecule is COc1ncc(NC(=O)N2C[C@H](C)N(c3ccc(C#N)c(Br)c3)C[C@H]2C)cn1. The summed E-state index contributed by atoms with van der Waals surface area (Å²) in [6.07, 6.45) is 3.03. The minimum atomic E-state index is -0.186. The van der Waals surface area contributed by atoms with Crippen LogP contribution in [0.15, 0.2) is 35.1 Å². The Labute approximate surface area is 172 Å². The number of nitrogens with zero attached hydrogens (tertiary/aromatic N) is 5. The van der Waals surface area contributed by atoms with Gasteiger partial charge in [0.15, 0.2) is 0 Å². The van der Waals surface area contributed by atoms with E-state index in [1.54, 1.807) is 6.07 Å². The van der Waals surface area contributed by atoms with Crippen molar-refractivity contribution < 1.29 is 9.53 Å². The fourth-order valence-corrected chi connectivity index (χ4v) is 3.68. The number of amides is 2. The number of urea groups is 1. The van der Waals surface area contributed by atoms with Crippen LogP contribution in [0.5, 0.6) is 6.01 Å². The van der Waals surface area contributed by atoms with Gasteiger partial charge in [0.1, 0.15) is 6.07 Å². The van der Waals surface area contributed by atoms with Crippen LogP contribution in [0, 0.1) is 11.3 Å². The van der Waals surface area contributed by atoms with Gasteiger partial charge in [-0.2, -0.15) is 5.26 Å². The maximum Gasteiger partial charge on any atom is 0.322 e. The summed E-state index contributed by atoms with van der Waals surface area (Å²) in [6, 6.07) is 8.04. The summed E-state index contributed by atoms with van der Waals surface area (Å²) < 4.78 is 5.70. The van der Waals surface area contributed by atoms with Crippen LogP contribution in [0.2, 0.25) is 0 Å². The fraction of sp³-hybridized carbons (Fsp3) is 0.368. The van der Waals surface area contributed by atoms with Crippen LogP contribution in [0.3, 0.4) is 0 Å². The lowest BCUT2D eigenvalue weighted by Gasteiger charge is -2.45. The monoisotopic (exact) mass is 444 g/mol. The van der Waals surface area contributed by atoms with Gasteiger partial charge >= 0.3 is 12.0 Å². The second-order valence-corrected chi connectivity index (χ2v) is 7.52.